The number of nitrogens with one attached hydrogen (secondary N) is 1. The first-order chi connectivity index (χ1) is 9.63. The second-order valence-electron chi connectivity index (χ2n) is 4.50. The summed E-state index contributed by atoms with van der Waals surface area (Å²) in [6, 6.07) is 7.87. The number of aldehydes is 1. The molecule has 0 amide bonds. The first-order valence-electron chi connectivity index (χ1n) is 6.19. The zero-order valence-corrected chi connectivity index (χ0v) is 13.0. The highest BCUT2D eigenvalue weighted by atomic mass is 35.5. The molecule has 3 aromatic rings. The van der Waals surface area contributed by atoms with Crippen LogP contribution in [0.4, 0.5) is 0 Å². The summed E-state index contributed by atoms with van der Waals surface area (Å²) < 4.78 is 1.19. The molecule has 3 rings (SSSR count). The van der Waals surface area contributed by atoms with Crippen molar-refractivity contribution in [1.29, 1.82) is 0 Å². The van der Waals surface area contributed by atoms with Gasteiger partial charge < -0.3 is 4.98 Å². The maximum absolute atomic E-state index is 11.5. The average Bonchev–Trinajstić information content (AvgIpc) is 2.96. The van der Waals surface area contributed by atoms with Gasteiger partial charge in [0.2, 0.25) is 0 Å². The van der Waals surface area contributed by atoms with Gasteiger partial charge in [0.15, 0.2) is 6.29 Å². The summed E-state index contributed by atoms with van der Waals surface area (Å²) >= 11 is 13.5. The number of H-pyrrole nitrogens is 1. The number of halogens is 2. The number of benzene rings is 1. The summed E-state index contributed by atoms with van der Waals surface area (Å²) in [5, 5.41) is 0.924. The van der Waals surface area contributed by atoms with Gasteiger partial charge in [0.05, 0.1) is 10.0 Å². The molecule has 0 aliphatic heterocycles. The van der Waals surface area contributed by atoms with Crippen LogP contribution in [0.25, 0.3) is 22.2 Å². The third kappa shape index (κ3) is 2.16. The highest BCUT2D eigenvalue weighted by molar-refractivity contribution is 7.20. The Bertz CT molecular complexity index is 804. The van der Waals surface area contributed by atoms with Gasteiger partial charge in [-0.2, -0.15) is 0 Å². The fourth-order valence-electron chi connectivity index (χ4n) is 2.33. The number of hydrogen-bond donors (Lipinski definition) is 1. The molecule has 20 heavy (non-hydrogen) atoms. The van der Waals surface area contributed by atoms with Crippen molar-refractivity contribution in [3.8, 4) is 11.3 Å². The third-order valence-electron chi connectivity index (χ3n) is 3.36. The number of fused-ring (bicyclic) bond motifs is 1. The lowest BCUT2D eigenvalue weighted by Crippen LogP contribution is -1.83. The first-order valence-corrected chi connectivity index (χ1v) is 7.76. The quantitative estimate of drug-likeness (QED) is 0.627. The van der Waals surface area contributed by atoms with E-state index in [1.165, 1.54) is 16.9 Å². The minimum atomic E-state index is 0.584. The van der Waals surface area contributed by atoms with Gasteiger partial charge in [-0.25, -0.2) is 0 Å². The largest absolute Gasteiger partial charge is 0.354 e. The third-order valence-corrected chi connectivity index (χ3v) is 4.84. The second-order valence-corrected chi connectivity index (χ2v) is 6.79. The number of aromatic nitrogens is 1. The Labute approximate surface area is 130 Å². The predicted molar refractivity (Wildman–Crippen MR) is 86.4 cm³/mol. The molecule has 0 saturated heterocycles. The van der Waals surface area contributed by atoms with Gasteiger partial charge in [-0.1, -0.05) is 36.2 Å². The molecule has 0 saturated carbocycles. The molecular formula is C15H11Cl2NOS. The Morgan fingerprint density at radius 3 is 2.70 bits per heavy atom. The van der Waals surface area contributed by atoms with E-state index in [9.17, 15) is 4.79 Å². The lowest BCUT2D eigenvalue weighted by Gasteiger charge is -1.97. The first kappa shape index (κ1) is 13.7. The van der Waals surface area contributed by atoms with Gasteiger partial charge in [0, 0.05) is 22.0 Å². The average molecular weight is 324 g/mol. The number of carbonyl (C=O) groups is 1. The summed E-state index contributed by atoms with van der Waals surface area (Å²) in [6.45, 7) is 2.09. The summed E-state index contributed by atoms with van der Waals surface area (Å²) in [5.74, 6) is 0. The molecule has 0 bridgehead atoms. The molecule has 1 N–H and O–H groups in total. The molecule has 5 heteroatoms. The van der Waals surface area contributed by atoms with Crippen LogP contribution in [-0.2, 0) is 6.42 Å². The maximum Gasteiger partial charge on any atom is 0.152 e. The van der Waals surface area contributed by atoms with Crippen LogP contribution >= 0.6 is 34.5 Å². The molecular weight excluding hydrogens is 313 g/mol. The van der Waals surface area contributed by atoms with Crippen LogP contribution in [0.2, 0.25) is 8.67 Å². The number of carbonyl (C=O) groups excluding carboxylic acids is 1. The smallest absolute Gasteiger partial charge is 0.152 e. The monoisotopic (exact) mass is 323 g/mol. The van der Waals surface area contributed by atoms with Gasteiger partial charge in [0.25, 0.3) is 0 Å². The predicted octanol–water partition coefficient (Wildman–Crippen LogP) is 5.58. The van der Waals surface area contributed by atoms with Crippen LogP contribution in [0, 0.1) is 0 Å². The Morgan fingerprint density at radius 1 is 1.30 bits per heavy atom. The van der Waals surface area contributed by atoms with E-state index >= 15 is 0 Å². The zero-order chi connectivity index (χ0) is 14.3. The van der Waals surface area contributed by atoms with E-state index in [1.807, 2.05) is 12.1 Å². The van der Waals surface area contributed by atoms with Crippen molar-refractivity contribution < 1.29 is 4.79 Å². The van der Waals surface area contributed by atoms with E-state index in [-0.39, 0.29) is 0 Å². The maximum atomic E-state index is 11.5. The molecule has 0 atom stereocenters. The fraction of sp³-hybridized carbons (Fsp3) is 0.133. The van der Waals surface area contributed by atoms with E-state index in [0.717, 1.165) is 34.9 Å². The Kier molecular flexibility index (Phi) is 3.59. The van der Waals surface area contributed by atoms with Gasteiger partial charge >= 0.3 is 0 Å². The Balaban J connectivity index is 2.31. The van der Waals surface area contributed by atoms with Gasteiger partial charge in [-0.15, -0.1) is 11.3 Å². The van der Waals surface area contributed by atoms with Crippen molar-refractivity contribution in [3.05, 3.63) is 44.1 Å². The van der Waals surface area contributed by atoms with Crippen LogP contribution in [0.1, 0.15) is 22.8 Å². The molecule has 0 aliphatic carbocycles. The van der Waals surface area contributed by atoms with Crippen molar-refractivity contribution in [1.82, 2.24) is 4.98 Å². The Morgan fingerprint density at radius 2 is 2.10 bits per heavy atom. The van der Waals surface area contributed by atoms with Crippen molar-refractivity contribution in [2.24, 2.45) is 0 Å². The van der Waals surface area contributed by atoms with Crippen LogP contribution in [0.5, 0.6) is 0 Å². The molecule has 2 nitrogen and oxygen atoms in total. The molecule has 2 heterocycles. The number of rotatable bonds is 3. The van der Waals surface area contributed by atoms with E-state index in [0.29, 0.717) is 14.2 Å². The number of hydrogen-bond acceptors (Lipinski definition) is 2. The molecule has 0 radical (unpaired) electrons. The normalized spacial score (nSPS) is 11.2. The zero-order valence-electron chi connectivity index (χ0n) is 10.7. The molecule has 0 spiro atoms. The highest BCUT2D eigenvalue weighted by Crippen LogP contribution is 2.40. The summed E-state index contributed by atoms with van der Waals surface area (Å²) in [7, 11) is 0. The van der Waals surface area contributed by atoms with Crippen molar-refractivity contribution in [2.45, 2.75) is 13.3 Å². The van der Waals surface area contributed by atoms with E-state index in [1.54, 1.807) is 6.07 Å². The van der Waals surface area contributed by atoms with E-state index in [4.69, 9.17) is 23.2 Å². The summed E-state index contributed by atoms with van der Waals surface area (Å²) in [4.78, 5) is 14.8. The molecule has 0 fully saturated rings. The second kappa shape index (κ2) is 5.24. The molecule has 0 aliphatic rings. The molecule has 102 valence electrons. The highest BCUT2D eigenvalue weighted by Gasteiger charge is 2.17. The Hall–Kier alpha value is -1.29. The van der Waals surface area contributed by atoms with Crippen LogP contribution in [0.3, 0.4) is 0 Å². The van der Waals surface area contributed by atoms with Crippen molar-refractivity contribution >= 4 is 51.7 Å². The van der Waals surface area contributed by atoms with Gasteiger partial charge in [-0.3, -0.25) is 4.79 Å². The van der Waals surface area contributed by atoms with Crippen LogP contribution in [-0.4, -0.2) is 11.3 Å². The van der Waals surface area contributed by atoms with Gasteiger partial charge in [-0.05, 0) is 30.2 Å². The molecule has 0 unspecified atom stereocenters. The van der Waals surface area contributed by atoms with Crippen molar-refractivity contribution in [3.63, 3.8) is 0 Å². The van der Waals surface area contributed by atoms with E-state index in [2.05, 4.69) is 18.0 Å². The standard InChI is InChI=1S/C15H11Cl2NOS/c1-2-8-3-4-12-9(5-8)11(7-19)14(18-12)10-6-13(16)20-15(10)17/h3-7,18H,2H2,1H3. The van der Waals surface area contributed by atoms with E-state index < -0.39 is 0 Å². The number of aromatic amines is 1. The minimum absolute atomic E-state index is 0.584. The fourth-order valence-corrected chi connectivity index (χ4v) is 3.80. The lowest BCUT2D eigenvalue weighted by molar-refractivity contribution is 0.112. The molecule has 1 aromatic carbocycles. The van der Waals surface area contributed by atoms with Crippen LogP contribution in [0.15, 0.2) is 24.3 Å². The number of aryl methyl sites for hydroxylation is 1. The van der Waals surface area contributed by atoms with Crippen LogP contribution < -0.4 is 0 Å². The molecule has 2 aromatic heterocycles. The van der Waals surface area contributed by atoms with Crippen molar-refractivity contribution in [2.75, 3.05) is 0 Å². The van der Waals surface area contributed by atoms with Gasteiger partial charge in [0.1, 0.15) is 4.34 Å². The lowest BCUT2D eigenvalue weighted by atomic mass is 10.1. The minimum Gasteiger partial charge on any atom is -0.354 e. The SMILES string of the molecule is CCc1ccc2[nH]c(-c3cc(Cl)sc3Cl)c(C=O)c2c1. The topological polar surface area (TPSA) is 32.9 Å². The summed E-state index contributed by atoms with van der Waals surface area (Å²) in [6.07, 6.45) is 1.80. The number of thiophene rings is 1. The summed E-state index contributed by atoms with van der Waals surface area (Å²) in [5.41, 5.74) is 4.26.